The highest BCUT2D eigenvalue weighted by atomic mass is 31.2. The minimum atomic E-state index is -4.33. The highest BCUT2D eigenvalue weighted by molar-refractivity contribution is 7.47. The first-order valence-electron chi connectivity index (χ1n) is 23.3. The van der Waals surface area contributed by atoms with Gasteiger partial charge in [-0.05, 0) is 19.3 Å². The van der Waals surface area contributed by atoms with Crippen molar-refractivity contribution in [1.82, 2.24) is 5.32 Å². The van der Waals surface area contributed by atoms with Gasteiger partial charge in [-0.15, -0.1) is 0 Å². The average Bonchev–Trinajstić information content (AvgIpc) is 3.16. The number of allylic oxidation sites excluding steroid dienone is 1. The minimum Gasteiger partial charge on any atom is -0.387 e. The van der Waals surface area contributed by atoms with Gasteiger partial charge in [-0.3, -0.25) is 13.8 Å². The summed E-state index contributed by atoms with van der Waals surface area (Å²) >= 11 is 0. The Kier molecular flexibility index (Phi) is 41.3. The maximum atomic E-state index is 12.8. The Balaban J connectivity index is 4.13. The molecule has 0 aromatic rings. The third-order valence-corrected chi connectivity index (χ3v) is 11.6. The number of carbonyl (C=O) groups is 1. The number of carbonyl (C=O) groups excluding carboxylic acids is 1. The maximum Gasteiger partial charge on any atom is 0.472 e. The number of phosphoric ester groups is 1. The molecule has 3 unspecified atom stereocenters. The number of rotatable bonds is 44. The van der Waals surface area contributed by atoms with Crippen molar-refractivity contribution in [2.24, 2.45) is 5.73 Å². The molecule has 0 radical (unpaired) electrons. The lowest BCUT2D eigenvalue weighted by atomic mass is 10.0. The normalized spacial score (nSPS) is 14.1. The van der Waals surface area contributed by atoms with Crippen molar-refractivity contribution in [2.45, 2.75) is 251 Å². The van der Waals surface area contributed by atoms with Gasteiger partial charge < -0.3 is 21.1 Å². The van der Waals surface area contributed by atoms with Crippen LogP contribution in [-0.4, -0.2) is 47.8 Å². The van der Waals surface area contributed by atoms with Crippen molar-refractivity contribution in [3.63, 3.8) is 0 Å². The maximum absolute atomic E-state index is 12.8. The van der Waals surface area contributed by atoms with Gasteiger partial charge in [0.15, 0.2) is 0 Å². The molecule has 0 bridgehead atoms. The van der Waals surface area contributed by atoms with E-state index in [1.54, 1.807) is 6.08 Å². The first-order chi connectivity index (χ1) is 26.4. The molecule has 0 aromatic carbocycles. The summed E-state index contributed by atoms with van der Waals surface area (Å²) in [6, 6.07) is -0.854. The van der Waals surface area contributed by atoms with Gasteiger partial charge in [0, 0.05) is 13.0 Å². The number of nitrogens with two attached hydrogens (primary N) is 1. The van der Waals surface area contributed by atoms with Crippen LogP contribution in [-0.2, 0) is 18.4 Å². The van der Waals surface area contributed by atoms with E-state index in [-0.39, 0.29) is 25.7 Å². The Morgan fingerprint density at radius 3 is 1.31 bits per heavy atom. The molecule has 0 saturated carbocycles. The third kappa shape index (κ3) is 39.5. The van der Waals surface area contributed by atoms with Crippen LogP contribution in [0.3, 0.4) is 0 Å². The van der Waals surface area contributed by atoms with Crippen LogP contribution in [0.15, 0.2) is 12.2 Å². The Morgan fingerprint density at radius 1 is 0.593 bits per heavy atom. The number of nitrogens with one attached hydrogen (secondary N) is 1. The molecule has 0 heterocycles. The molecule has 0 saturated heterocycles. The number of hydrogen-bond donors (Lipinski definition) is 4. The van der Waals surface area contributed by atoms with E-state index in [0.717, 1.165) is 38.5 Å². The van der Waals surface area contributed by atoms with Gasteiger partial charge in [-0.1, -0.05) is 225 Å². The predicted molar refractivity (Wildman–Crippen MR) is 231 cm³/mol. The molecule has 0 rings (SSSR count). The van der Waals surface area contributed by atoms with Crippen molar-refractivity contribution >= 4 is 13.7 Å². The van der Waals surface area contributed by atoms with E-state index in [1.165, 1.54) is 180 Å². The molecular weight excluding hydrogens is 695 g/mol. The third-order valence-electron chi connectivity index (χ3n) is 10.6. The highest BCUT2D eigenvalue weighted by Crippen LogP contribution is 2.43. The summed E-state index contributed by atoms with van der Waals surface area (Å²) in [6.07, 6.45) is 46.9. The molecular formula is C45H91N2O6P. The van der Waals surface area contributed by atoms with Crippen molar-refractivity contribution in [3.8, 4) is 0 Å². The Labute approximate surface area is 335 Å². The average molecular weight is 787 g/mol. The largest absolute Gasteiger partial charge is 0.472 e. The van der Waals surface area contributed by atoms with Crippen LogP contribution in [0.25, 0.3) is 0 Å². The van der Waals surface area contributed by atoms with Gasteiger partial charge in [0.05, 0.1) is 25.4 Å². The van der Waals surface area contributed by atoms with Crippen LogP contribution in [0.4, 0.5) is 0 Å². The molecule has 3 atom stereocenters. The second kappa shape index (κ2) is 41.9. The van der Waals surface area contributed by atoms with Crippen LogP contribution in [0.2, 0.25) is 0 Å². The van der Waals surface area contributed by atoms with Crippen LogP contribution in [0.5, 0.6) is 0 Å². The van der Waals surface area contributed by atoms with Crippen molar-refractivity contribution < 1.29 is 28.4 Å². The fourth-order valence-electron chi connectivity index (χ4n) is 7.07. The zero-order valence-electron chi connectivity index (χ0n) is 35.7. The Bertz CT molecular complexity index is 860. The summed E-state index contributed by atoms with van der Waals surface area (Å²) in [5.41, 5.74) is 5.38. The molecule has 54 heavy (non-hydrogen) atoms. The van der Waals surface area contributed by atoms with Crippen molar-refractivity contribution in [3.05, 3.63) is 12.2 Å². The summed E-state index contributed by atoms with van der Waals surface area (Å²) in [6.45, 7) is 4.17. The lowest BCUT2D eigenvalue weighted by Gasteiger charge is -2.23. The SMILES string of the molecule is CCCCCCCCCCCCCCCCCCCC/C=C/C(O)C(COP(=O)(O)OCCN)NC(=O)CCCCCCCCCCCCCCCCC. The van der Waals surface area contributed by atoms with Crippen LogP contribution in [0.1, 0.15) is 239 Å². The first-order valence-corrected chi connectivity index (χ1v) is 24.8. The van der Waals surface area contributed by atoms with Crippen molar-refractivity contribution in [1.29, 1.82) is 0 Å². The lowest BCUT2D eigenvalue weighted by Crippen LogP contribution is -2.45. The molecule has 322 valence electrons. The van der Waals surface area contributed by atoms with Crippen molar-refractivity contribution in [2.75, 3.05) is 19.8 Å². The molecule has 0 aliphatic rings. The fourth-order valence-corrected chi connectivity index (χ4v) is 7.83. The standard InChI is InChI=1S/C45H91N2O6P/c1-3-5-7-9-11-13-15-17-19-20-21-22-23-25-26-28-30-32-34-36-38-44(48)43(42-53-54(50,51)52-41-40-46)47-45(49)39-37-35-33-31-29-27-24-18-16-14-12-10-8-6-4-2/h36,38,43-44,48H,3-35,37,39-42,46H2,1-2H3,(H,47,49)(H,50,51)/b38-36+. The molecule has 1 amide bonds. The van der Waals surface area contributed by atoms with Crippen LogP contribution in [0, 0.1) is 0 Å². The van der Waals surface area contributed by atoms with E-state index in [4.69, 9.17) is 14.8 Å². The van der Waals surface area contributed by atoms with E-state index < -0.39 is 20.0 Å². The summed E-state index contributed by atoms with van der Waals surface area (Å²) in [5, 5.41) is 13.7. The number of unbranched alkanes of at least 4 members (excludes halogenated alkanes) is 32. The van der Waals surface area contributed by atoms with Gasteiger partial charge in [0.2, 0.25) is 5.91 Å². The zero-order chi connectivity index (χ0) is 39.6. The van der Waals surface area contributed by atoms with Gasteiger partial charge in [0.25, 0.3) is 0 Å². The second-order valence-electron chi connectivity index (χ2n) is 16.0. The number of phosphoric acid groups is 1. The first kappa shape index (κ1) is 53.2. The minimum absolute atomic E-state index is 0.0815. The highest BCUT2D eigenvalue weighted by Gasteiger charge is 2.26. The fraction of sp³-hybridized carbons (Fsp3) is 0.933. The quantitative estimate of drug-likeness (QED) is 0.0275. The van der Waals surface area contributed by atoms with E-state index >= 15 is 0 Å². The molecule has 5 N–H and O–H groups in total. The summed E-state index contributed by atoms with van der Waals surface area (Å²) in [4.78, 5) is 22.7. The molecule has 9 heteroatoms. The second-order valence-corrected chi connectivity index (χ2v) is 17.4. The molecule has 8 nitrogen and oxygen atoms in total. The predicted octanol–water partition coefficient (Wildman–Crippen LogP) is 13.2. The van der Waals surface area contributed by atoms with Crippen LogP contribution >= 0.6 is 7.82 Å². The Hall–Kier alpha value is -0.760. The summed E-state index contributed by atoms with van der Waals surface area (Å²) in [5.74, 6) is -0.190. The van der Waals surface area contributed by atoms with E-state index in [9.17, 15) is 19.4 Å². The van der Waals surface area contributed by atoms with Gasteiger partial charge >= 0.3 is 7.82 Å². The number of amides is 1. The van der Waals surface area contributed by atoms with Crippen LogP contribution < -0.4 is 11.1 Å². The van der Waals surface area contributed by atoms with E-state index in [1.807, 2.05) is 6.08 Å². The van der Waals surface area contributed by atoms with Gasteiger partial charge in [-0.2, -0.15) is 0 Å². The zero-order valence-corrected chi connectivity index (χ0v) is 36.6. The van der Waals surface area contributed by atoms with Gasteiger partial charge in [0.1, 0.15) is 0 Å². The molecule has 0 spiro atoms. The molecule has 0 aliphatic carbocycles. The van der Waals surface area contributed by atoms with E-state index in [0.29, 0.717) is 6.42 Å². The summed E-state index contributed by atoms with van der Waals surface area (Å²) in [7, 11) is -4.33. The molecule has 0 aliphatic heterocycles. The topological polar surface area (TPSA) is 131 Å². The molecule has 0 fully saturated rings. The lowest BCUT2D eigenvalue weighted by molar-refractivity contribution is -0.123. The summed E-state index contributed by atoms with van der Waals surface area (Å²) < 4.78 is 22.2. The number of aliphatic hydroxyl groups is 1. The Morgan fingerprint density at radius 2 is 0.944 bits per heavy atom. The number of aliphatic hydroxyl groups excluding tert-OH is 1. The molecule has 0 aromatic heterocycles. The smallest absolute Gasteiger partial charge is 0.387 e. The van der Waals surface area contributed by atoms with Gasteiger partial charge in [-0.25, -0.2) is 4.57 Å². The van der Waals surface area contributed by atoms with E-state index in [2.05, 4.69) is 19.2 Å². The monoisotopic (exact) mass is 787 g/mol. The number of hydrogen-bond acceptors (Lipinski definition) is 6.